The van der Waals surface area contributed by atoms with Crippen molar-refractivity contribution in [2.24, 2.45) is 5.73 Å². The van der Waals surface area contributed by atoms with Crippen LogP contribution in [0.25, 0.3) is 0 Å². The molecule has 1 atom stereocenters. The number of halogens is 1. The van der Waals surface area contributed by atoms with Gasteiger partial charge in [0.05, 0.1) is 18.2 Å². The van der Waals surface area contributed by atoms with Crippen LogP contribution in [-0.4, -0.2) is 37.1 Å². The van der Waals surface area contributed by atoms with E-state index in [1.807, 2.05) is 4.90 Å². The van der Waals surface area contributed by atoms with Crippen molar-refractivity contribution in [3.8, 4) is 0 Å². The fourth-order valence-electron chi connectivity index (χ4n) is 2.10. The number of furan rings is 1. The lowest BCUT2D eigenvalue weighted by atomic mass is 10.1. The van der Waals surface area contributed by atoms with Gasteiger partial charge < -0.3 is 19.8 Å². The van der Waals surface area contributed by atoms with Crippen LogP contribution in [0.15, 0.2) is 16.7 Å². The van der Waals surface area contributed by atoms with Gasteiger partial charge in [0.2, 0.25) is 0 Å². The Morgan fingerprint density at radius 1 is 1.67 bits per heavy atom. The van der Waals surface area contributed by atoms with Gasteiger partial charge >= 0.3 is 0 Å². The molecule has 2 rings (SSSR count). The minimum Gasteiger partial charge on any atom is -0.467 e. The number of amides is 1. The Bertz CT molecular complexity index is 394. The lowest BCUT2D eigenvalue weighted by molar-refractivity contribution is 0.0268. The highest BCUT2D eigenvalue weighted by Crippen LogP contribution is 2.17. The number of likely N-dealkylation sites (tertiary alicyclic amines) is 1. The van der Waals surface area contributed by atoms with Crippen molar-refractivity contribution < 1.29 is 13.9 Å². The molecule has 18 heavy (non-hydrogen) atoms. The molecule has 1 amide bonds. The lowest BCUT2D eigenvalue weighted by Crippen LogP contribution is -2.42. The maximum Gasteiger partial charge on any atom is 0.257 e. The molecule has 0 aromatic carbocycles. The molecule has 1 saturated heterocycles. The average molecular weight is 275 g/mol. The van der Waals surface area contributed by atoms with Gasteiger partial charge in [0.1, 0.15) is 12.0 Å². The zero-order chi connectivity index (χ0) is 12.3. The molecule has 1 aromatic heterocycles. The van der Waals surface area contributed by atoms with E-state index in [0.29, 0.717) is 24.4 Å². The molecule has 0 radical (unpaired) electrons. The second-order valence-corrected chi connectivity index (χ2v) is 4.26. The second kappa shape index (κ2) is 6.78. The van der Waals surface area contributed by atoms with Crippen molar-refractivity contribution in [2.45, 2.75) is 25.5 Å². The van der Waals surface area contributed by atoms with E-state index in [1.54, 1.807) is 13.2 Å². The molecule has 0 saturated carbocycles. The van der Waals surface area contributed by atoms with Crippen LogP contribution in [0.3, 0.4) is 0 Å². The van der Waals surface area contributed by atoms with Gasteiger partial charge in [0, 0.05) is 20.2 Å². The minimum absolute atomic E-state index is 0. The summed E-state index contributed by atoms with van der Waals surface area (Å²) in [6.45, 7) is 1.74. The summed E-state index contributed by atoms with van der Waals surface area (Å²) in [5.41, 5.74) is 6.02. The molecule has 102 valence electrons. The molecule has 1 aliphatic heterocycles. The van der Waals surface area contributed by atoms with Crippen LogP contribution in [0.4, 0.5) is 0 Å². The molecule has 0 bridgehead atoms. The third kappa shape index (κ3) is 3.25. The molecule has 6 heteroatoms. The molecule has 1 unspecified atom stereocenters. The van der Waals surface area contributed by atoms with Gasteiger partial charge in [-0.05, 0) is 18.9 Å². The van der Waals surface area contributed by atoms with E-state index in [-0.39, 0.29) is 24.4 Å². The van der Waals surface area contributed by atoms with E-state index < -0.39 is 0 Å². The number of rotatable bonds is 3. The Balaban J connectivity index is 0.00000162. The monoisotopic (exact) mass is 274 g/mol. The van der Waals surface area contributed by atoms with Crippen molar-refractivity contribution in [2.75, 3.05) is 20.2 Å². The Morgan fingerprint density at radius 2 is 2.44 bits per heavy atom. The summed E-state index contributed by atoms with van der Waals surface area (Å²) in [6.07, 6.45) is 3.61. The summed E-state index contributed by atoms with van der Waals surface area (Å²) in [6, 6.07) is 1.71. The third-order valence-corrected chi connectivity index (χ3v) is 3.10. The largest absolute Gasteiger partial charge is 0.467 e. The topological polar surface area (TPSA) is 68.7 Å². The number of carbonyl (C=O) groups is 1. The molecular formula is C12H19ClN2O3. The molecule has 2 heterocycles. The first-order chi connectivity index (χ1) is 8.24. The Hall–Kier alpha value is -1.04. The Kier molecular flexibility index (Phi) is 5.65. The van der Waals surface area contributed by atoms with Crippen LogP contribution in [0.5, 0.6) is 0 Å². The first kappa shape index (κ1) is 15.0. The second-order valence-electron chi connectivity index (χ2n) is 4.26. The van der Waals surface area contributed by atoms with Crippen molar-refractivity contribution in [1.82, 2.24) is 4.90 Å². The molecule has 2 N–H and O–H groups in total. The van der Waals surface area contributed by atoms with Gasteiger partial charge in [0.15, 0.2) is 0 Å². The molecule has 1 aliphatic rings. The number of hydrogen-bond donors (Lipinski definition) is 1. The van der Waals surface area contributed by atoms with Crippen LogP contribution in [0.1, 0.15) is 29.0 Å². The van der Waals surface area contributed by atoms with Crippen molar-refractivity contribution >= 4 is 18.3 Å². The normalized spacial score (nSPS) is 19.4. The van der Waals surface area contributed by atoms with E-state index >= 15 is 0 Å². The van der Waals surface area contributed by atoms with E-state index in [2.05, 4.69) is 0 Å². The lowest BCUT2D eigenvalue weighted by Gasteiger charge is -2.31. The van der Waals surface area contributed by atoms with Crippen molar-refractivity contribution in [1.29, 1.82) is 0 Å². The standard InChI is InChI=1S/C12H18N2O3.ClH/c1-16-10-3-2-4-14(7-10)12(15)9-5-11(6-13)17-8-9;/h5,8,10H,2-4,6-7,13H2,1H3;1H. The number of nitrogens with zero attached hydrogens (tertiary/aromatic N) is 1. The van der Waals surface area contributed by atoms with Crippen molar-refractivity contribution in [3.05, 3.63) is 23.7 Å². The summed E-state index contributed by atoms with van der Waals surface area (Å²) in [5, 5.41) is 0. The van der Waals surface area contributed by atoms with Crippen LogP contribution in [0, 0.1) is 0 Å². The fourth-order valence-corrected chi connectivity index (χ4v) is 2.10. The molecule has 0 spiro atoms. The molecule has 0 aliphatic carbocycles. The zero-order valence-electron chi connectivity index (χ0n) is 10.4. The summed E-state index contributed by atoms with van der Waals surface area (Å²) in [7, 11) is 1.68. The first-order valence-corrected chi connectivity index (χ1v) is 5.84. The molecular weight excluding hydrogens is 256 g/mol. The van der Waals surface area contributed by atoms with Gasteiger partial charge in [-0.3, -0.25) is 4.79 Å². The van der Waals surface area contributed by atoms with E-state index in [9.17, 15) is 4.79 Å². The Morgan fingerprint density at radius 3 is 3.06 bits per heavy atom. The van der Waals surface area contributed by atoms with Gasteiger partial charge in [-0.25, -0.2) is 0 Å². The highest BCUT2D eigenvalue weighted by molar-refractivity contribution is 5.94. The number of hydrogen-bond acceptors (Lipinski definition) is 4. The van der Waals surface area contributed by atoms with Gasteiger partial charge in [-0.1, -0.05) is 0 Å². The third-order valence-electron chi connectivity index (χ3n) is 3.10. The zero-order valence-corrected chi connectivity index (χ0v) is 11.2. The molecule has 5 nitrogen and oxygen atoms in total. The predicted molar refractivity (Wildman–Crippen MR) is 69.8 cm³/mol. The SMILES string of the molecule is COC1CCCN(C(=O)c2coc(CN)c2)C1.Cl. The van der Waals surface area contributed by atoms with Crippen LogP contribution in [-0.2, 0) is 11.3 Å². The summed E-state index contributed by atoms with van der Waals surface area (Å²) in [4.78, 5) is 14.0. The minimum atomic E-state index is -0.00444. The van der Waals surface area contributed by atoms with Crippen LogP contribution in [0.2, 0.25) is 0 Å². The van der Waals surface area contributed by atoms with E-state index in [0.717, 1.165) is 19.4 Å². The highest BCUT2D eigenvalue weighted by atomic mass is 35.5. The summed E-state index contributed by atoms with van der Waals surface area (Å²) in [5.74, 6) is 0.629. The van der Waals surface area contributed by atoms with Gasteiger partial charge in [0.25, 0.3) is 5.91 Å². The smallest absolute Gasteiger partial charge is 0.257 e. The Labute approximate surface area is 113 Å². The number of nitrogens with two attached hydrogens (primary N) is 1. The quantitative estimate of drug-likeness (QED) is 0.905. The van der Waals surface area contributed by atoms with Crippen molar-refractivity contribution in [3.63, 3.8) is 0 Å². The number of ether oxygens (including phenoxy) is 1. The summed E-state index contributed by atoms with van der Waals surface area (Å²) < 4.78 is 10.5. The summed E-state index contributed by atoms with van der Waals surface area (Å²) >= 11 is 0. The highest BCUT2D eigenvalue weighted by Gasteiger charge is 2.25. The predicted octanol–water partition coefficient (Wildman–Crippen LogP) is 1.41. The maximum atomic E-state index is 12.2. The molecule has 1 fully saturated rings. The number of piperidine rings is 1. The fraction of sp³-hybridized carbons (Fsp3) is 0.583. The van der Waals surface area contributed by atoms with Gasteiger partial charge in [-0.15, -0.1) is 12.4 Å². The van der Waals surface area contributed by atoms with Crippen LogP contribution < -0.4 is 5.73 Å². The van der Waals surface area contributed by atoms with E-state index in [1.165, 1.54) is 6.26 Å². The van der Waals surface area contributed by atoms with E-state index in [4.69, 9.17) is 14.9 Å². The average Bonchev–Trinajstić information content (AvgIpc) is 2.86. The molecule has 1 aromatic rings. The number of methoxy groups -OCH3 is 1. The van der Waals surface area contributed by atoms with Gasteiger partial charge in [-0.2, -0.15) is 0 Å². The first-order valence-electron chi connectivity index (χ1n) is 5.84. The number of carbonyl (C=O) groups excluding carboxylic acids is 1. The maximum absolute atomic E-state index is 12.2. The van der Waals surface area contributed by atoms with Crippen LogP contribution >= 0.6 is 12.4 Å².